The van der Waals surface area contributed by atoms with Gasteiger partial charge in [-0.3, -0.25) is 9.59 Å². The van der Waals surface area contributed by atoms with Gasteiger partial charge in [0.2, 0.25) is 0 Å². The van der Waals surface area contributed by atoms with Crippen molar-refractivity contribution in [2.75, 3.05) is 33.3 Å². The van der Waals surface area contributed by atoms with E-state index in [0.29, 0.717) is 41.8 Å². The first-order valence-corrected chi connectivity index (χ1v) is 9.77. The van der Waals surface area contributed by atoms with Gasteiger partial charge in [0.05, 0.1) is 17.2 Å². The number of benzene rings is 2. The normalized spacial score (nSPS) is 14.2. The number of hydrogen-bond acceptors (Lipinski definition) is 3. The molecule has 1 heterocycles. The number of nitrogens with zero attached hydrogens (tertiary/aromatic N) is 2. The molecule has 148 valence electrons. The molecular formula is C21H22Cl2N2O3. The van der Waals surface area contributed by atoms with Gasteiger partial charge in [0.1, 0.15) is 5.56 Å². The predicted octanol–water partition coefficient (Wildman–Crippen LogP) is 4.22. The van der Waals surface area contributed by atoms with Gasteiger partial charge in [0, 0.05) is 31.7 Å². The standard InChI is InChI=1S/C21H22Cl2N2O3/c1-13-4-5-15(12-14(13)2)20(26)24-8-10-25(11-9-24)21(27)18-16(22)6-7-17(23)19(18)28-3/h4-7,12H,8-11H2,1-3H3. The van der Waals surface area contributed by atoms with Crippen molar-refractivity contribution in [2.45, 2.75) is 13.8 Å². The summed E-state index contributed by atoms with van der Waals surface area (Å²) in [6.45, 7) is 5.76. The summed E-state index contributed by atoms with van der Waals surface area (Å²) in [5.41, 5.74) is 3.16. The number of ether oxygens (including phenoxy) is 1. The lowest BCUT2D eigenvalue weighted by molar-refractivity contribution is 0.0533. The quantitative estimate of drug-likeness (QED) is 0.746. The van der Waals surface area contributed by atoms with Gasteiger partial charge in [-0.25, -0.2) is 0 Å². The first-order valence-electron chi connectivity index (χ1n) is 9.01. The summed E-state index contributed by atoms with van der Waals surface area (Å²) in [4.78, 5) is 29.2. The molecular weight excluding hydrogens is 399 g/mol. The highest BCUT2D eigenvalue weighted by atomic mass is 35.5. The van der Waals surface area contributed by atoms with Crippen molar-refractivity contribution in [1.29, 1.82) is 0 Å². The molecule has 2 aromatic carbocycles. The van der Waals surface area contributed by atoms with Crippen molar-refractivity contribution in [2.24, 2.45) is 0 Å². The van der Waals surface area contributed by atoms with E-state index in [0.717, 1.165) is 11.1 Å². The fourth-order valence-corrected chi connectivity index (χ4v) is 3.72. The Kier molecular flexibility index (Phi) is 6.16. The van der Waals surface area contributed by atoms with Crippen molar-refractivity contribution in [3.63, 3.8) is 0 Å². The Morgan fingerprint density at radius 2 is 1.43 bits per heavy atom. The maximum Gasteiger partial charge on any atom is 0.259 e. The molecule has 0 bridgehead atoms. The van der Waals surface area contributed by atoms with Crippen molar-refractivity contribution in [1.82, 2.24) is 9.80 Å². The predicted molar refractivity (Wildman–Crippen MR) is 111 cm³/mol. The van der Waals surface area contributed by atoms with Gasteiger partial charge in [-0.2, -0.15) is 0 Å². The van der Waals surface area contributed by atoms with E-state index in [1.807, 2.05) is 32.0 Å². The number of carbonyl (C=O) groups excluding carboxylic acids is 2. The zero-order valence-electron chi connectivity index (χ0n) is 16.1. The van der Waals surface area contributed by atoms with Crippen LogP contribution in [-0.4, -0.2) is 54.9 Å². The zero-order chi connectivity index (χ0) is 20.4. The Morgan fingerprint density at radius 1 is 0.857 bits per heavy atom. The van der Waals surface area contributed by atoms with Crippen LogP contribution in [0.15, 0.2) is 30.3 Å². The highest BCUT2D eigenvalue weighted by Gasteiger charge is 2.29. The third kappa shape index (κ3) is 3.96. The van der Waals surface area contributed by atoms with Gasteiger partial charge in [0.15, 0.2) is 5.75 Å². The molecule has 0 aliphatic carbocycles. The molecule has 3 rings (SSSR count). The third-order valence-corrected chi connectivity index (χ3v) is 5.70. The summed E-state index contributed by atoms with van der Waals surface area (Å²) < 4.78 is 5.28. The Hall–Kier alpha value is -2.24. The molecule has 28 heavy (non-hydrogen) atoms. The number of halogens is 2. The van der Waals surface area contributed by atoms with Crippen LogP contribution < -0.4 is 4.74 Å². The van der Waals surface area contributed by atoms with E-state index in [9.17, 15) is 9.59 Å². The van der Waals surface area contributed by atoms with E-state index < -0.39 is 0 Å². The maximum absolute atomic E-state index is 13.0. The molecule has 2 aromatic rings. The van der Waals surface area contributed by atoms with Gasteiger partial charge in [-0.15, -0.1) is 0 Å². The van der Waals surface area contributed by atoms with E-state index >= 15 is 0 Å². The average Bonchev–Trinajstić information content (AvgIpc) is 2.70. The fraction of sp³-hybridized carbons (Fsp3) is 0.333. The molecule has 1 aliphatic heterocycles. The Bertz CT molecular complexity index is 922. The lowest BCUT2D eigenvalue weighted by Gasteiger charge is -2.35. The van der Waals surface area contributed by atoms with Crippen molar-refractivity contribution < 1.29 is 14.3 Å². The second-order valence-corrected chi connectivity index (χ2v) is 7.64. The van der Waals surface area contributed by atoms with E-state index in [1.165, 1.54) is 7.11 Å². The second-order valence-electron chi connectivity index (χ2n) is 6.82. The molecule has 0 unspecified atom stereocenters. The van der Waals surface area contributed by atoms with E-state index in [1.54, 1.807) is 21.9 Å². The number of carbonyl (C=O) groups is 2. The molecule has 1 aliphatic rings. The Labute approximate surface area is 174 Å². The van der Waals surface area contributed by atoms with Crippen molar-refractivity contribution in [3.05, 3.63) is 62.6 Å². The highest BCUT2D eigenvalue weighted by molar-refractivity contribution is 6.37. The Balaban J connectivity index is 1.72. The lowest BCUT2D eigenvalue weighted by Crippen LogP contribution is -2.50. The minimum atomic E-state index is -0.248. The second kappa shape index (κ2) is 8.41. The third-order valence-electron chi connectivity index (χ3n) is 5.08. The molecule has 7 heteroatoms. The molecule has 0 spiro atoms. The largest absolute Gasteiger partial charge is 0.494 e. The molecule has 2 amide bonds. The number of aryl methyl sites for hydroxylation is 2. The molecule has 1 saturated heterocycles. The number of rotatable bonds is 3. The minimum Gasteiger partial charge on any atom is -0.494 e. The zero-order valence-corrected chi connectivity index (χ0v) is 17.6. The van der Waals surface area contributed by atoms with Gasteiger partial charge in [-0.05, 0) is 49.2 Å². The summed E-state index contributed by atoms with van der Waals surface area (Å²) in [6.07, 6.45) is 0. The van der Waals surface area contributed by atoms with Gasteiger partial charge in [0.25, 0.3) is 11.8 Å². The van der Waals surface area contributed by atoms with E-state index in [2.05, 4.69) is 0 Å². The molecule has 5 nitrogen and oxygen atoms in total. The van der Waals surface area contributed by atoms with Crippen LogP contribution in [0, 0.1) is 13.8 Å². The summed E-state index contributed by atoms with van der Waals surface area (Å²) in [7, 11) is 1.45. The molecule has 0 aromatic heterocycles. The summed E-state index contributed by atoms with van der Waals surface area (Å²) in [5, 5.41) is 0.624. The average molecular weight is 421 g/mol. The Morgan fingerprint density at radius 3 is 2.00 bits per heavy atom. The van der Waals surface area contributed by atoms with Gasteiger partial charge >= 0.3 is 0 Å². The summed E-state index contributed by atoms with van der Waals surface area (Å²) in [6, 6.07) is 8.89. The van der Waals surface area contributed by atoms with E-state index in [4.69, 9.17) is 27.9 Å². The fourth-order valence-electron chi connectivity index (χ4n) is 3.26. The lowest BCUT2D eigenvalue weighted by atomic mass is 10.1. The highest BCUT2D eigenvalue weighted by Crippen LogP contribution is 2.34. The summed E-state index contributed by atoms with van der Waals surface area (Å²) >= 11 is 12.4. The smallest absolute Gasteiger partial charge is 0.259 e. The van der Waals surface area contributed by atoms with Crippen LogP contribution in [0.3, 0.4) is 0 Å². The van der Waals surface area contributed by atoms with Crippen LogP contribution >= 0.6 is 23.2 Å². The SMILES string of the molecule is COc1c(Cl)ccc(Cl)c1C(=O)N1CCN(C(=O)c2ccc(C)c(C)c2)CC1. The minimum absolute atomic E-state index is 0.0198. The molecule has 0 atom stereocenters. The van der Waals surface area contributed by atoms with Crippen molar-refractivity contribution in [3.8, 4) is 5.75 Å². The van der Waals surface area contributed by atoms with Crippen LogP contribution in [0.5, 0.6) is 5.75 Å². The van der Waals surface area contributed by atoms with Crippen LogP contribution in [0.1, 0.15) is 31.8 Å². The van der Waals surface area contributed by atoms with Gasteiger partial charge in [-0.1, -0.05) is 29.3 Å². The molecule has 1 fully saturated rings. The van der Waals surface area contributed by atoms with Crippen LogP contribution in [-0.2, 0) is 0 Å². The van der Waals surface area contributed by atoms with Crippen LogP contribution in [0.25, 0.3) is 0 Å². The maximum atomic E-state index is 13.0. The number of hydrogen-bond donors (Lipinski definition) is 0. The van der Waals surface area contributed by atoms with Crippen molar-refractivity contribution >= 4 is 35.0 Å². The van der Waals surface area contributed by atoms with E-state index in [-0.39, 0.29) is 23.1 Å². The number of amides is 2. The molecule has 0 N–H and O–H groups in total. The number of piperazine rings is 1. The van der Waals surface area contributed by atoms with Crippen LogP contribution in [0.2, 0.25) is 10.0 Å². The first-order chi connectivity index (χ1) is 13.3. The van der Waals surface area contributed by atoms with Crippen LogP contribution in [0.4, 0.5) is 0 Å². The molecule has 0 saturated carbocycles. The topological polar surface area (TPSA) is 49.9 Å². The van der Waals surface area contributed by atoms with Gasteiger partial charge < -0.3 is 14.5 Å². The monoisotopic (exact) mass is 420 g/mol. The molecule has 0 radical (unpaired) electrons. The number of methoxy groups -OCH3 is 1. The summed E-state index contributed by atoms with van der Waals surface area (Å²) in [5.74, 6) is 0.00370. The first kappa shape index (κ1) is 20.5.